The van der Waals surface area contributed by atoms with E-state index in [0.717, 1.165) is 31.0 Å². The fourth-order valence-electron chi connectivity index (χ4n) is 3.03. The zero-order valence-electron chi connectivity index (χ0n) is 16.1. The van der Waals surface area contributed by atoms with E-state index in [1.54, 1.807) is 0 Å². The Kier molecular flexibility index (Phi) is 9.82. The van der Waals surface area contributed by atoms with E-state index in [1.807, 2.05) is 18.5 Å². The Morgan fingerprint density at radius 1 is 1.22 bits per heavy atom. The van der Waals surface area contributed by atoms with Gasteiger partial charge >= 0.3 is 6.18 Å². The van der Waals surface area contributed by atoms with E-state index in [9.17, 15) is 13.2 Å². The standard InChI is InChI=1S/C17H29F3N6.HI/c1-4-5-10-21-16(22-11-15-25-24-12(2)26(15)3)23-14-8-6-13(7-9-14)17(18,19)20;/h13-14H,4-11H2,1-3H3,(H2,21,22,23);1H. The number of aryl methyl sites for hydroxylation is 1. The van der Waals surface area contributed by atoms with Crippen LogP contribution in [0.25, 0.3) is 0 Å². The van der Waals surface area contributed by atoms with Crippen molar-refractivity contribution in [3.63, 3.8) is 0 Å². The molecule has 0 aromatic carbocycles. The molecule has 0 saturated heterocycles. The van der Waals surface area contributed by atoms with Gasteiger partial charge in [-0.2, -0.15) is 13.2 Å². The van der Waals surface area contributed by atoms with Crippen LogP contribution >= 0.6 is 24.0 Å². The minimum Gasteiger partial charge on any atom is -0.356 e. The largest absolute Gasteiger partial charge is 0.391 e. The van der Waals surface area contributed by atoms with Gasteiger partial charge in [-0.15, -0.1) is 34.2 Å². The third kappa shape index (κ3) is 7.46. The first kappa shape index (κ1) is 24.0. The lowest BCUT2D eigenvalue weighted by Gasteiger charge is -2.31. The Hall–Kier alpha value is -1.07. The number of rotatable bonds is 6. The number of halogens is 4. The molecule has 10 heteroatoms. The molecule has 1 aliphatic carbocycles. The van der Waals surface area contributed by atoms with Crippen LogP contribution in [0.15, 0.2) is 4.99 Å². The molecule has 6 nitrogen and oxygen atoms in total. The molecule has 0 atom stereocenters. The van der Waals surface area contributed by atoms with Gasteiger partial charge < -0.3 is 15.2 Å². The molecule has 1 aliphatic rings. The molecule has 27 heavy (non-hydrogen) atoms. The Morgan fingerprint density at radius 3 is 2.41 bits per heavy atom. The van der Waals surface area contributed by atoms with Crippen molar-refractivity contribution in [2.45, 2.75) is 71.1 Å². The molecule has 0 amide bonds. The van der Waals surface area contributed by atoms with Gasteiger partial charge in [0.2, 0.25) is 0 Å². The van der Waals surface area contributed by atoms with Crippen molar-refractivity contribution in [2.75, 3.05) is 6.54 Å². The first-order valence-electron chi connectivity index (χ1n) is 9.27. The Labute approximate surface area is 175 Å². The third-order valence-corrected chi connectivity index (χ3v) is 4.92. The maximum absolute atomic E-state index is 12.8. The normalized spacial score (nSPS) is 20.9. The molecule has 2 rings (SSSR count). The lowest BCUT2D eigenvalue weighted by Crippen LogP contribution is -2.46. The Morgan fingerprint density at radius 2 is 1.89 bits per heavy atom. The summed E-state index contributed by atoms with van der Waals surface area (Å²) >= 11 is 0. The highest BCUT2D eigenvalue weighted by Crippen LogP contribution is 2.37. The maximum atomic E-state index is 12.8. The third-order valence-electron chi connectivity index (χ3n) is 4.92. The topological polar surface area (TPSA) is 67.1 Å². The van der Waals surface area contributed by atoms with Crippen LogP contribution in [0.3, 0.4) is 0 Å². The van der Waals surface area contributed by atoms with Gasteiger partial charge in [-0.05, 0) is 39.0 Å². The molecule has 1 aromatic heterocycles. The zero-order valence-corrected chi connectivity index (χ0v) is 18.5. The molecule has 0 radical (unpaired) electrons. The second-order valence-corrected chi connectivity index (χ2v) is 6.90. The number of hydrogen-bond donors (Lipinski definition) is 2. The van der Waals surface area contributed by atoms with Crippen LogP contribution in [0.5, 0.6) is 0 Å². The predicted octanol–water partition coefficient (Wildman–Crippen LogP) is 3.70. The average Bonchev–Trinajstić information content (AvgIpc) is 2.91. The van der Waals surface area contributed by atoms with Crippen molar-refractivity contribution in [1.29, 1.82) is 0 Å². The summed E-state index contributed by atoms with van der Waals surface area (Å²) in [5.74, 6) is 1.03. The molecule has 0 bridgehead atoms. The quantitative estimate of drug-likeness (QED) is 0.270. The zero-order chi connectivity index (χ0) is 19.2. The second kappa shape index (κ2) is 11.1. The second-order valence-electron chi connectivity index (χ2n) is 6.90. The van der Waals surface area contributed by atoms with E-state index in [1.165, 1.54) is 0 Å². The molecule has 0 spiro atoms. The van der Waals surface area contributed by atoms with Crippen LogP contribution in [0.1, 0.15) is 57.1 Å². The molecule has 1 fully saturated rings. The maximum Gasteiger partial charge on any atom is 0.391 e. The smallest absolute Gasteiger partial charge is 0.356 e. The first-order valence-corrected chi connectivity index (χ1v) is 9.27. The number of nitrogens with zero attached hydrogens (tertiary/aromatic N) is 4. The minimum absolute atomic E-state index is 0. The summed E-state index contributed by atoms with van der Waals surface area (Å²) in [7, 11) is 1.89. The highest BCUT2D eigenvalue weighted by atomic mass is 127. The summed E-state index contributed by atoms with van der Waals surface area (Å²) < 4.78 is 40.3. The summed E-state index contributed by atoms with van der Waals surface area (Å²) in [6.45, 7) is 5.12. The van der Waals surface area contributed by atoms with E-state index < -0.39 is 12.1 Å². The van der Waals surface area contributed by atoms with Gasteiger partial charge in [0.1, 0.15) is 12.4 Å². The molecule has 2 N–H and O–H groups in total. The van der Waals surface area contributed by atoms with Crippen molar-refractivity contribution in [2.24, 2.45) is 18.0 Å². The van der Waals surface area contributed by atoms with Gasteiger partial charge in [0, 0.05) is 19.6 Å². The highest BCUT2D eigenvalue weighted by molar-refractivity contribution is 14.0. The molecule has 1 heterocycles. The van der Waals surface area contributed by atoms with Crippen LogP contribution in [0.2, 0.25) is 0 Å². The molecule has 156 valence electrons. The Balaban J connectivity index is 0.00000364. The number of nitrogens with one attached hydrogen (secondary N) is 2. The lowest BCUT2D eigenvalue weighted by molar-refractivity contribution is -0.182. The predicted molar refractivity (Wildman–Crippen MR) is 110 cm³/mol. The van der Waals surface area contributed by atoms with Gasteiger partial charge in [0.05, 0.1) is 5.92 Å². The molecular formula is C17H30F3IN6. The van der Waals surface area contributed by atoms with Crippen LogP contribution in [0, 0.1) is 12.8 Å². The number of aromatic nitrogens is 3. The van der Waals surface area contributed by atoms with Crippen molar-refractivity contribution < 1.29 is 13.2 Å². The number of guanidine groups is 1. The number of alkyl halides is 3. The van der Waals surface area contributed by atoms with Crippen molar-refractivity contribution in [3.8, 4) is 0 Å². The SMILES string of the molecule is CCCCNC(=NCc1nnc(C)n1C)NC1CCC(C(F)(F)F)CC1.I. The van der Waals surface area contributed by atoms with E-state index in [0.29, 0.717) is 25.3 Å². The van der Waals surface area contributed by atoms with Gasteiger partial charge in [0.25, 0.3) is 0 Å². The molecule has 0 unspecified atom stereocenters. The van der Waals surface area contributed by atoms with E-state index in [2.05, 4.69) is 32.7 Å². The van der Waals surface area contributed by atoms with Gasteiger partial charge in [-0.3, -0.25) is 0 Å². The highest BCUT2D eigenvalue weighted by Gasteiger charge is 2.41. The van der Waals surface area contributed by atoms with E-state index >= 15 is 0 Å². The van der Waals surface area contributed by atoms with Crippen LogP contribution in [-0.2, 0) is 13.6 Å². The molecule has 0 aliphatic heterocycles. The fraction of sp³-hybridized carbons (Fsp3) is 0.824. The van der Waals surface area contributed by atoms with E-state index in [-0.39, 0.29) is 42.9 Å². The van der Waals surface area contributed by atoms with Gasteiger partial charge in [0.15, 0.2) is 11.8 Å². The van der Waals surface area contributed by atoms with Gasteiger partial charge in [-0.1, -0.05) is 13.3 Å². The molecule has 1 aromatic rings. The molecule has 1 saturated carbocycles. The fourth-order valence-corrected chi connectivity index (χ4v) is 3.03. The Bertz CT molecular complexity index is 594. The number of aliphatic imine (C=N–C) groups is 1. The van der Waals surface area contributed by atoms with Crippen LogP contribution < -0.4 is 10.6 Å². The minimum atomic E-state index is -4.08. The van der Waals surface area contributed by atoms with Crippen molar-refractivity contribution in [1.82, 2.24) is 25.4 Å². The van der Waals surface area contributed by atoms with Crippen molar-refractivity contribution in [3.05, 3.63) is 11.6 Å². The molecular weight excluding hydrogens is 472 g/mol. The lowest BCUT2D eigenvalue weighted by atomic mass is 9.85. The van der Waals surface area contributed by atoms with Crippen LogP contribution in [-0.4, -0.2) is 39.5 Å². The van der Waals surface area contributed by atoms with Crippen LogP contribution in [0.4, 0.5) is 13.2 Å². The van der Waals surface area contributed by atoms with E-state index in [4.69, 9.17) is 0 Å². The number of unbranched alkanes of at least 4 members (excludes halogenated alkanes) is 1. The number of hydrogen-bond acceptors (Lipinski definition) is 3. The summed E-state index contributed by atoms with van der Waals surface area (Å²) in [5.41, 5.74) is 0. The average molecular weight is 502 g/mol. The summed E-state index contributed by atoms with van der Waals surface area (Å²) in [6.07, 6.45) is -0.671. The van der Waals surface area contributed by atoms with Crippen molar-refractivity contribution >= 4 is 29.9 Å². The van der Waals surface area contributed by atoms with Gasteiger partial charge in [-0.25, -0.2) is 4.99 Å². The first-order chi connectivity index (χ1) is 12.3. The summed E-state index contributed by atoms with van der Waals surface area (Å²) in [4.78, 5) is 4.55. The monoisotopic (exact) mass is 502 g/mol. The summed E-state index contributed by atoms with van der Waals surface area (Å²) in [6, 6.07) is 0.0164. The summed E-state index contributed by atoms with van der Waals surface area (Å²) in [5, 5.41) is 14.7.